The number of amides is 1. The second-order valence-corrected chi connectivity index (χ2v) is 5.02. The molecule has 2 rings (SSSR count). The quantitative estimate of drug-likeness (QED) is 0.524. The number of nitro groups is 1. The van der Waals surface area contributed by atoms with Crippen molar-refractivity contribution in [1.29, 1.82) is 0 Å². The highest BCUT2D eigenvalue weighted by molar-refractivity contribution is 6.19. The normalized spacial score (nSPS) is 17.4. The number of carbonyl (C=O) groups excluding carboxylic acids is 1. The van der Waals surface area contributed by atoms with Gasteiger partial charge in [-0.05, 0) is 18.9 Å². The van der Waals surface area contributed by atoms with Crippen molar-refractivity contribution in [1.82, 2.24) is 5.32 Å². The van der Waals surface area contributed by atoms with Crippen LogP contribution in [0.1, 0.15) is 23.2 Å². The Bertz CT molecular complexity index is 515. The Balaban J connectivity index is 2.21. The monoisotopic (exact) mass is 298 g/mol. The summed E-state index contributed by atoms with van der Waals surface area (Å²) in [7, 11) is 0. The van der Waals surface area contributed by atoms with E-state index in [0.717, 1.165) is 0 Å². The van der Waals surface area contributed by atoms with E-state index in [1.54, 1.807) is 6.07 Å². The summed E-state index contributed by atoms with van der Waals surface area (Å²) in [4.78, 5) is 22.7. The molecule has 1 aromatic carbocycles. The predicted octanol–water partition coefficient (Wildman–Crippen LogP) is 2.11. The summed E-state index contributed by atoms with van der Waals surface area (Å²) in [5, 5.41) is 13.8. The number of nitro benzene ring substituents is 1. The van der Waals surface area contributed by atoms with E-state index in [1.165, 1.54) is 18.2 Å². The number of nitrogens with zero attached hydrogens (tertiary/aromatic N) is 1. The van der Waals surface area contributed by atoms with Crippen LogP contribution >= 0.6 is 11.6 Å². The SMILES string of the molecule is O=C(NC1(CCl)CCOCC1)c1ccccc1[N+](=O)[O-]. The number of ether oxygens (including phenoxy) is 1. The van der Waals surface area contributed by atoms with Crippen LogP contribution in [0.5, 0.6) is 0 Å². The summed E-state index contributed by atoms with van der Waals surface area (Å²) in [5.41, 5.74) is -0.712. The first-order valence-corrected chi connectivity index (χ1v) is 6.81. The van der Waals surface area contributed by atoms with Gasteiger partial charge in [-0.2, -0.15) is 0 Å². The molecule has 1 saturated heterocycles. The summed E-state index contributed by atoms with van der Waals surface area (Å²) in [5.74, 6) is -0.220. The molecule has 1 aliphatic heterocycles. The van der Waals surface area contributed by atoms with Crippen molar-refractivity contribution < 1.29 is 14.5 Å². The van der Waals surface area contributed by atoms with E-state index in [-0.39, 0.29) is 17.1 Å². The Kier molecular flexibility index (Phi) is 4.57. The Labute approximate surface area is 121 Å². The third-order valence-electron chi connectivity index (χ3n) is 3.43. The second kappa shape index (κ2) is 6.19. The lowest BCUT2D eigenvalue weighted by Gasteiger charge is -2.36. The van der Waals surface area contributed by atoms with Gasteiger partial charge in [-0.1, -0.05) is 12.1 Å². The second-order valence-electron chi connectivity index (χ2n) is 4.75. The molecule has 0 bridgehead atoms. The standard InChI is InChI=1S/C13H15ClN2O4/c14-9-13(5-7-20-8-6-13)15-12(17)10-3-1-2-4-11(10)16(18)19/h1-4H,5-9H2,(H,15,17). The minimum atomic E-state index is -0.563. The first-order chi connectivity index (χ1) is 9.58. The Hall–Kier alpha value is -1.66. The molecule has 1 fully saturated rings. The number of halogens is 1. The third kappa shape index (κ3) is 3.08. The van der Waals surface area contributed by atoms with Crippen LogP contribution in [0.2, 0.25) is 0 Å². The first kappa shape index (κ1) is 14.7. The van der Waals surface area contributed by atoms with E-state index >= 15 is 0 Å². The Morgan fingerprint density at radius 1 is 1.40 bits per heavy atom. The molecule has 1 N–H and O–H groups in total. The average Bonchev–Trinajstić information content (AvgIpc) is 2.48. The fraction of sp³-hybridized carbons (Fsp3) is 0.462. The van der Waals surface area contributed by atoms with Crippen LogP contribution in [0, 0.1) is 10.1 Å². The van der Waals surface area contributed by atoms with Crippen LogP contribution < -0.4 is 5.32 Å². The average molecular weight is 299 g/mol. The van der Waals surface area contributed by atoms with Gasteiger partial charge in [0.25, 0.3) is 11.6 Å². The molecule has 7 heteroatoms. The molecule has 1 heterocycles. The lowest BCUT2D eigenvalue weighted by molar-refractivity contribution is -0.385. The fourth-order valence-electron chi connectivity index (χ4n) is 2.19. The molecule has 108 valence electrons. The first-order valence-electron chi connectivity index (χ1n) is 6.28. The summed E-state index contributed by atoms with van der Waals surface area (Å²) in [6, 6.07) is 5.88. The molecule has 0 unspecified atom stereocenters. The van der Waals surface area contributed by atoms with Crippen LogP contribution in [0.4, 0.5) is 5.69 Å². The highest BCUT2D eigenvalue weighted by atomic mass is 35.5. The zero-order valence-electron chi connectivity index (χ0n) is 10.8. The molecular weight excluding hydrogens is 284 g/mol. The molecule has 0 aromatic heterocycles. The van der Waals surface area contributed by atoms with Gasteiger partial charge in [-0.15, -0.1) is 11.6 Å². The van der Waals surface area contributed by atoms with Gasteiger partial charge in [0.2, 0.25) is 0 Å². The molecule has 0 aliphatic carbocycles. The molecule has 1 amide bonds. The minimum absolute atomic E-state index is 0.0495. The Morgan fingerprint density at radius 2 is 2.05 bits per heavy atom. The van der Waals surface area contributed by atoms with Gasteiger partial charge in [0.05, 0.1) is 10.5 Å². The summed E-state index contributed by atoms with van der Waals surface area (Å²) < 4.78 is 5.26. The number of nitrogens with one attached hydrogen (secondary N) is 1. The maximum atomic E-state index is 12.3. The molecule has 1 aromatic rings. The summed E-state index contributed by atoms with van der Waals surface area (Å²) >= 11 is 5.97. The van der Waals surface area contributed by atoms with Crippen molar-refractivity contribution in [3.63, 3.8) is 0 Å². The van der Waals surface area contributed by atoms with Crippen molar-refractivity contribution in [3.05, 3.63) is 39.9 Å². The van der Waals surface area contributed by atoms with Gasteiger partial charge in [0, 0.05) is 25.2 Å². The number of carbonyl (C=O) groups is 1. The smallest absolute Gasteiger partial charge is 0.282 e. The lowest BCUT2D eigenvalue weighted by atomic mass is 9.91. The number of para-hydroxylation sites is 1. The van der Waals surface area contributed by atoms with Crippen LogP contribution in [0.15, 0.2) is 24.3 Å². The van der Waals surface area contributed by atoms with Gasteiger partial charge < -0.3 is 10.1 Å². The molecule has 20 heavy (non-hydrogen) atoms. The third-order valence-corrected chi connectivity index (χ3v) is 3.94. The predicted molar refractivity (Wildman–Crippen MR) is 74.1 cm³/mol. The molecule has 6 nitrogen and oxygen atoms in total. The number of hydrogen-bond acceptors (Lipinski definition) is 4. The van der Waals surface area contributed by atoms with Crippen LogP contribution in [0.25, 0.3) is 0 Å². The van der Waals surface area contributed by atoms with E-state index in [9.17, 15) is 14.9 Å². The molecule has 0 radical (unpaired) electrons. The maximum absolute atomic E-state index is 12.3. The van der Waals surface area contributed by atoms with Gasteiger partial charge >= 0.3 is 0 Å². The molecule has 0 saturated carbocycles. The minimum Gasteiger partial charge on any atom is -0.381 e. The van der Waals surface area contributed by atoms with Crippen molar-refractivity contribution >= 4 is 23.2 Å². The largest absolute Gasteiger partial charge is 0.381 e. The van der Waals surface area contributed by atoms with Crippen molar-refractivity contribution in [2.75, 3.05) is 19.1 Å². The highest BCUT2D eigenvalue weighted by Gasteiger charge is 2.34. The number of hydrogen-bond donors (Lipinski definition) is 1. The zero-order valence-corrected chi connectivity index (χ0v) is 11.6. The molecule has 0 atom stereocenters. The van der Waals surface area contributed by atoms with Crippen molar-refractivity contribution in [3.8, 4) is 0 Å². The number of benzene rings is 1. The van der Waals surface area contributed by atoms with Gasteiger partial charge in [-0.25, -0.2) is 0 Å². The van der Waals surface area contributed by atoms with Crippen LogP contribution in [0.3, 0.4) is 0 Å². The molecular formula is C13H15ClN2O4. The van der Waals surface area contributed by atoms with E-state index in [1.807, 2.05) is 0 Å². The van der Waals surface area contributed by atoms with Crippen LogP contribution in [-0.4, -0.2) is 35.5 Å². The lowest BCUT2D eigenvalue weighted by Crippen LogP contribution is -2.53. The fourth-order valence-corrected chi connectivity index (χ4v) is 2.52. The topological polar surface area (TPSA) is 81.5 Å². The number of alkyl halides is 1. The summed E-state index contributed by atoms with van der Waals surface area (Å²) in [6.07, 6.45) is 1.20. The van der Waals surface area contributed by atoms with E-state index in [4.69, 9.17) is 16.3 Å². The van der Waals surface area contributed by atoms with Gasteiger partial charge in [0.15, 0.2) is 0 Å². The van der Waals surface area contributed by atoms with Gasteiger partial charge in [-0.3, -0.25) is 14.9 Å². The van der Waals surface area contributed by atoms with E-state index in [2.05, 4.69) is 5.32 Å². The Morgan fingerprint density at radius 3 is 2.65 bits per heavy atom. The highest BCUT2D eigenvalue weighted by Crippen LogP contribution is 2.24. The maximum Gasteiger partial charge on any atom is 0.282 e. The number of rotatable bonds is 4. The van der Waals surface area contributed by atoms with Crippen LogP contribution in [-0.2, 0) is 4.74 Å². The van der Waals surface area contributed by atoms with Crippen molar-refractivity contribution in [2.24, 2.45) is 0 Å². The van der Waals surface area contributed by atoms with E-state index in [0.29, 0.717) is 26.1 Å². The molecule has 1 aliphatic rings. The molecule has 0 spiro atoms. The zero-order chi connectivity index (χ0) is 14.6. The van der Waals surface area contributed by atoms with Crippen molar-refractivity contribution in [2.45, 2.75) is 18.4 Å². The van der Waals surface area contributed by atoms with E-state index < -0.39 is 16.4 Å². The van der Waals surface area contributed by atoms with Gasteiger partial charge in [0.1, 0.15) is 5.56 Å². The summed E-state index contributed by atoms with van der Waals surface area (Å²) in [6.45, 7) is 1.04.